The summed E-state index contributed by atoms with van der Waals surface area (Å²) >= 11 is 0. The number of aromatic nitrogens is 1. The highest BCUT2D eigenvalue weighted by Crippen LogP contribution is 2.31. The lowest BCUT2D eigenvalue weighted by Crippen LogP contribution is -2.30. The molecule has 1 aliphatic heterocycles. The van der Waals surface area contributed by atoms with Crippen molar-refractivity contribution in [1.29, 1.82) is 0 Å². The van der Waals surface area contributed by atoms with E-state index in [0.29, 0.717) is 11.6 Å². The Hall–Kier alpha value is -1.94. The van der Waals surface area contributed by atoms with E-state index in [9.17, 15) is 4.79 Å². The maximum atomic E-state index is 11.7. The second-order valence-corrected chi connectivity index (χ2v) is 5.56. The first-order valence-electron chi connectivity index (χ1n) is 7.03. The molecule has 4 heteroatoms. The van der Waals surface area contributed by atoms with Gasteiger partial charge in [0, 0.05) is 5.39 Å². The third-order valence-electron chi connectivity index (χ3n) is 4.15. The number of nitrogens with zero attached hydrogens (tertiary/aromatic N) is 2. The van der Waals surface area contributed by atoms with Crippen LogP contribution in [-0.2, 0) is 0 Å². The standard InChI is InChI=1S/C16H19N3O/c1-19-8-6-11(7-9-19)13-10-12-4-2-3-5-14(12)18-15(13)16(17)20/h2-5,10-11H,6-9H2,1H3,(H2,17,20). The highest BCUT2D eigenvalue weighted by molar-refractivity contribution is 5.95. The highest BCUT2D eigenvalue weighted by atomic mass is 16.1. The zero-order valence-electron chi connectivity index (χ0n) is 11.7. The molecule has 0 radical (unpaired) electrons. The molecule has 1 aromatic carbocycles. The Morgan fingerprint density at radius 2 is 2.00 bits per heavy atom. The summed E-state index contributed by atoms with van der Waals surface area (Å²) in [7, 11) is 2.13. The Labute approximate surface area is 118 Å². The summed E-state index contributed by atoms with van der Waals surface area (Å²) in [5.41, 5.74) is 7.82. The van der Waals surface area contributed by atoms with Crippen molar-refractivity contribution in [2.24, 2.45) is 5.73 Å². The van der Waals surface area contributed by atoms with E-state index in [4.69, 9.17) is 5.73 Å². The SMILES string of the molecule is CN1CCC(c2cc3ccccc3nc2C(N)=O)CC1. The number of benzene rings is 1. The summed E-state index contributed by atoms with van der Waals surface area (Å²) < 4.78 is 0. The minimum absolute atomic E-state index is 0.380. The van der Waals surface area contributed by atoms with E-state index in [1.807, 2.05) is 24.3 Å². The molecule has 20 heavy (non-hydrogen) atoms. The van der Waals surface area contributed by atoms with Crippen molar-refractivity contribution >= 4 is 16.8 Å². The van der Waals surface area contributed by atoms with E-state index in [2.05, 4.69) is 23.0 Å². The third-order valence-corrected chi connectivity index (χ3v) is 4.15. The van der Waals surface area contributed by atoms with Gasteiger partial charge in [0.1, 0.15) is 5.69 Å². The second kappa shape index (κ2) is 5.21. The summed E-state index contributed by atoms with van der Waals surface area (Å²) in [4.78, 5) is 18.5. The van der Waals surface area contributed by atoms with E-state index in [-0.39, 0.29) is 0 Å². The van der Waals surface area contributed by atoms with Crippen LogP contribution in [0.5, 0.6) is 0 Å². The number of primary amides is 1. The smallest absolute Gasteiger partial charge is 0.267 e. The van der Waals surface area contributed by atoms with E-state index in [1.54, 1.807) is 0 Å². The Kier molecular flexibility index (Phi) is 3.40. The molecule has 2 heterocycles. The number of likely N-dealkylation sites (tertiary alicyclic amines) is 1. The molecule has 4 nitrogen and oxygen atoms in total. The molecular weight excluding hydrogens is 250 g/mol. The quantitative estimate of drug-likeness (QED) is 0.908. The number of fused-ring (bicyclic) bond motifs is 1. The van der Waals surface area contributed by atoms with Crippen LogP contribution in [0.1, 0.15) is 34.8 Å². The molecule has 0 atom stereocenters. The fourth-order valence-corrected chi connectivity index (χ4v) is 2.96. The van der Waals surface area contributed by atoms with Crippen molar-refractivity contribution in [3.63, 3.8) is 0 Å². The van der Waals surface area contributed by atoms with Crippen molar-refractivity contribution < 1.29 is 4.79 Å². The fourth-order valence-electron chi connectivity index (χ4n) is 2.96. The van der Waals surface area contributed by atoms with Crippen LogP contribution in [-0.4, -0.2) is 35.9 Å². The van der Waals surface area contributed by atoms with Crippen molar-refractivity contribution in [1.82, 2.24) is 9.88 Å². The number of piperidine rings is 1. The third kappa shape index (κ3) is 2.39. The van der Waals surface area contributed by atoms with Crippen LogP contribution < -0.4 is 5.73 Å². The first-order chi connectivity index (χ1) is 9.65. The predicted octanol–water partition coefficient (Wildman–Crippen LogP) is 2.14. The van der Waals surface area contributed by atoms with Gasteiger partial charge >= 0.3 is 0 Å². The van der Waals surface area contributed by atoms with Gasteiger partial charge in [-0.3, -0.25) is 4.79 Å². The summed E-state index contributed by atoms with van der Waals surface area (Å²) in [6.45, 7) is 2.10. The number of para-hydroxylation sites is 1. The van der Waals surface area contributed by atoms with Crippen LogP contribution in [0.25, 0.3) is 10.9 Å². The molecule has 1 aliphatic rings. The van der Waals surface area contributed by atoms with Crippen molar-refractivity contribution in [2.45, 2.75) is 18.8 Å². The van der Waals surface area contributed by atoms with Gasteiger partial charge in [0.25, 0.3) is 5.91 Å². The number of nitrogens with two attached hydrogens (primary N) is 1. The molecule has 0 spiro atoms. The monoisotopic (exact) mass is 269 g/mol. The van der Waals surface area contributed by atoms with Gasteiger partial charge in [0.2, 0.25) is 0 Å². The van der Waals surface area contributed by atoms with E-state index in [0.717, 1.165) is 42.4 Å². The molecule has 1 amide bonds. The molecule has 104 valence electrons. The molecule has 1 aromatic heterocycles. The highest BCUT2D eigenvalue weighted by Gasteiger charge is 2.23. The number of carbonyl (C=O) groups is 1. The lowest BCUT2D eigenvalue weighted by Gasteiger charge is -2.29. The summed E-state index contributed by atoms with van der Waals surface area (Å²) in [5, 5.41) is 1.08. The number of hydrogen-bond acceptors (Lipinski definition) is 3. The van der Waals surface area contributed by atoms with Crippen LogP contribution in [0.4, 0.5) is 0 Å². The van der Waals surface area contributed by atoms with Crippen LogP contribution in [0.2, 0.25) is 0 Å². The number of pyridine rings is 1. The zero-order chi connectivity index (χ0) is 14.1. The van der Waals surface area contributed by atoms with Crippen LogP contribution in [0.3, 0.4) is 0 Å². The molecule has 2 N–H and O–H groups in total. The van der Waals surface area contributed by atoms with Gasteiger partial charge in [-0.2, -0.15) is 0 Å². The van der Waals surface area contributed by atoms with Gasteiger partial charge in [-0.05, 0) is 56.6 Å². The maximum absolute atomic E-state index is 11.7. The summed E-state index contributed by atoms with van der Waals surface area (Å²) in [5.74, 6) is -0.0458. The van der Waals surface area contributed by atoms with Crippen LogP contribution in [0.15, 0.2) is 30.3 Å². The lowest BCUT2D eigenvalue weighted by atomic mass is 9.87. The lowest BCUT2D eigenvalue weighted by molar-refractivity contribution is 0.0993. The predicted molar refractivity (Wildman–Crippen MR) is 79.7 cm³/mol. The van der Waals surface area contributed by atoms with E-state index in [1.165, 1.54) is 0 Å². The number of carbonyl (C=O) groups excluding carboxylic acids is 1. The number of hydrogen-bond donors (Lipinski definition) is 1. The molecule has 0 aliphatic carbocycles. The van der Waals surface area contributed by atoms with Gasteiger partial charge in [0.15, 0.2) is 0 Å². The maximum Gasteiger partial charge on any atom is 0.267 e. The molecule has 0 bridgehead atoms. The minimum Gasteiger partial charge on any atom is -0.364 e. The molecule has 1 saturated heterocycles. The average Bonchev–Trinajstić information content (AvgIpc) is 2.46. The van der Waals surface area contributed by atoms with Gasteiger partial charge in [-0.15, -0.1) is 0 Å². The second-order valence-electron chi connectivity index (χ2n) is 5.56. The Bertz CT molecular complexity index is 645. The number of rotatable bonds is 2. The van der Waals surface area contributed by atoms with Crippen LogP contribution >= 0.6 is 0 Å². The molecule has 0 saturated carbocycles. The van der Waals surface area contributed by atoms with Gasteiger partial charge in [-0.25, -0.2) is 4.98 Å². The fraction of sp³-hybridized carbons (Fsp3) is 0.375. The topological polar surface area (TPSA) is 59.2 Å². The first-order valence-corrected chi connectivity index (χ1v) is 7.03. The molecule has 1 fully saturated rings. The largest absolute Gasteiger partial charge is 0.364 e. The van der Waals surface area contributed by atoms with E-state index >= 15 is 0 Å². The van der Waals surface area contributed by atoms with Gasteiger partial charge in [-0.1, -0.05) is 18.2 Å². The zero-order valence-corrected chi connectivity index (χ0v) is 11.7. The first kappa shape index (κ1) is 13.1. The molecule has 3 rings (SSSR count). The van der Waals surface area contributed by atoms with Crippen molar-refractivity contribution in [3.8, 4) is 0 Å². The normalized spacial score (nSPS) is 17.4. The van der Waals surface area contributed by atoms with Gasteiger partial charge < -0.3 is 10.6 Å². The van der Waals surface area contributed by atoms with E-state index < -0.39 is 5.91 Å². The molecular formula is C16H19N3O. The number of amides is 1. The Morgan fingerprint density at radius 3 is 2.70 bits per heavy atom. The minimum atomic E-state index is -0.426. The average molecular weight is 269 g/mol. The summed E-state index contributed by atoms with van der Waals surface area (Å²) in [6.07, 6.45) is 2.10. The molecule has 2 aromatic rings. The molecule has 0 unspecified atom stereocenters. The Morgan fingerprint density at radius 1 is 1.30 bits per heavy atom. The van der Waals surface area contributed by atoms with Crippen LogP contribution in [0, 0.1) is 0 Å². The Balaban J connectivity index is 2.07. The van der Waals surface area contributed by atoms with Crippen molar-refractivity contribution in [3.05, 3.63) is 41.6 Å². The van der Waals surface area contributed by atoms with Crippen molar-refractivity contribution in [2.75, 3.05) is 20.1 Å². The van der Waals surface area contributed by atoms with Gasteiger partial charge in [0.05, 0.1) is 5.52 Å². The summed E-state index contributed by atoms with van der Waals surface area (Å²) in [6, 6.07) is 9.96.